The number of rotatable bonds is 6. The van der Waals surface area contributed by atoms with Crippen LogP contribution in [0.25, 0.3) is 0 Å². The van der Waals surface area contributed by atoms with Gasteiger partial charge in [0.2, 0.25) is 5.95 Å². The number of aromatic nitrogens is 4. The highest BCUT2D eigenvalue weighted by Gasteiger charge is 2.17. The number of aryl methyl sites for hydroxylation is 2. The van der Waals surface area contributed by atoms with Crippen molar-refractivity contribution in [2.45, 2.75) is 13.0 Å². The van der Waals surface area contributed by atoms with Gasteiger partial charge < -0.3 is 15.0 Å². The molecule has 21 heavy (non-hydrogen) atoms. The lowest BCUT2D eigenvalue weighted by Crippen LogP contribution is -2.21. The van der Waals surface area contributed by atoms with Crippen LogP contribution in [0.15, 0.2) is 18.5 Å². The third-order valence-electron chi connectivity index (χ3n) is 3.22. The maximum atomic E-state index is 5.29. The number of methoxy groups -OCH3 is 1. The van der Waals surface area contributed by atoms with Gasteiger partial charge in [0.15, 0.2) is 0 Å². The van der Waals surface area contributed by atoms with Crippen LogP contribution in [0.5, 0.6) is 0 Å². The summed E-state index contributed by atoms with van der Waals surface area (Å²) in [5.41, 5.74) is 2.06. The number of ether oxygens (including phenoxy) is 1. The minimum atomic E-state index is -0.0554. The molecule has 0 aliphatic carbocycles. The van der Waals surface area contributed by atoms with E-state index in [1.807, 2.05) is 49.9 Å². The normalized spacial score (nSPS) is 12.2. The Morgan fingerprint density at radius 2 is 2.19 bits per heavy atom. The van der Waals surface area contributed by atoms with Crippen molar-refractivity contribution in [3.05, 3.63) is 29.7 Å². The molecule has 7 heteroatoms. The molecule has 0 aliphatic heterocycles. The van der Waals surface area contributed by atoms with Crippen molar-refractivity contribution in [3.8, 4) is 0 Å². The summed E-state index contributed by atoms with van der Waals surface area (Å²) in [6, 6.07) is 1.90. The zero-order valence-corrected chi connectivity index (χ0v) is 13.2. The van der Waals surface area contributed by atoms with E-state index in [-0.39, 0.29) is 6.04 Å². The molecule has 7 nitrogen and oxygen atoms in total. The van der Waals surface area contributed by atoms with Gasteiger partial charge in [-0.05, 0) is 13.0 Å². The van der Waals surface area contributed by atoms with Gasteiger partial charge in [0, 0.05) is 46.2 Å². The molecule has 1 N–H and O–H groups in total. The first kappa shape index (κ1) is 15.2. The van der Waals surface area contributed by atoms with E-state index >= 15 is 0 Å². The summed E-state index contributed by atoms with van der Waals surface area (Å²) in [5.74, 6) is 1.47. The summed E-state index contributed by atoms with van der Waals surface area (Å²) in [5, 5.41) is 7.50. The number of nitrogens with one attached hydrogen (secondary N) is 1. The van der Waals surface area contributed by atoms with E-state index in [4.69, 9.17) is 4.74 Å². The fourth-order valence-electron chi connectivity index (χ4n) is 2.20. The second-order valence-corrected chi connectivity index (χ2v) is 5.13. The van der Waals surface area contributed by atoms with Crippen LogP contribution in [0, 0.1) is 6.92 Å². The summed E-state index contributed by atoms with van der Waals surface area (Å²) in [4.78, 5) is 10.9. The Labute approximate surface area is 125 Å². The number of hydrogen-bond acceptors (Lipinski definition) is 6. The topological polar surface area (TPSA) is 68.1 Å². The minimum absolute atomic E-state index is 0.0554. The number of hydrogen-bond donors (Lipinski definition) is 1. The molecule has 2 heterocycles. The van der Waals surface area contributed by atoms with E-state index in [1.165, 1.54) is 0 Å². The predicted molar refractivity (Wildman–Crippen MR) is 82.5 cm³/mol. The number of nitrogens with zero attached hydrogens (tertiary/aromatic N) is 5. The quantitative estimate of drug-likeness (QED) is 0.867. The van der Waals surface area contributed by atoms with Gasteiger partial charge in [-0.2, -0.15) is 10.1 Å². The van der Waals surface area contributed by atoms with Crippen LogP contribution in [-0.2, 0) is 11.8 Å². The van der Waals surface area contributed by atoms with E-state index < -0.39 is 0 Å². The average Bonchev–Trinajstić information content (AvgIpc) is 2.86. The van der Waals surface area contributed by atoms with Crippen LogP contribution in [0.4, 0.5) is 11.8 Å². The molecule has 0 saturated carbocycles. The molecule has 0 radical (unpaired) electrons. The van der Waals surface area contributed by atoms with Gasteiger partial charge in [0.25, 0.3) is 0 Å². The molecule has 0 amide bonds. The fraction of sp³-hybridized carbons (Fsp3) is 0.500. The van der Waals surface area contributed by atoms with Gasteiger partial charge in [-0.25, -0.2) is 4.98 Å². The van der Waals surface area contributed by atoms with Gasteiger partial charge in [0.05, 0.1) is 18.3 Å². The predicted octanol–water partition coefficient (Wildman–Crippen LogP) is 1.38. The van der Waals surface area contributed by atoms with Crippen LogP contribution < -0.4 is 10.2 Å². The van der Waals surface area contributed by atoms with Crippen LogP contribution in [0.3, 0.4) is 0 Å². The third-order valence-corrected chi connectivity index (χ3v) is 3.22. The molecule has 2 aromatic heterocycles. The summed E-state index contributed by atoms with van der Waals surface area (Å²) >= 11 is 0. The van der Waals surface area contributed by atoms with Crippen LogP contribution in [-0.4, -0.2) is 47.6 Å². The van der Waals surface area contributed by atoms with Crippen LogP contribution in [0.1, 0.15) is 17.3 Å². The second kappa shape index (κ2) is 6.53. The van der Waals surface area contributed by atoms with Gasteiger partial charge in [0.1, 0.15) is 5.82 Å². The van der Waals surface area contributed by atoms with Crippen molar-refractivity contribution in [2.75, 3.05) is 38.0 Å². The monoisotopic (exact) mass is 290 g/mol. The molecule has 0 aromatic carbocycles. The zero-order valence-electron chi connectivity index (χ0n) is 13.2. The maximum Gasteiger partial charge on any atom is 0.225 e. The van der Waals surface area contributed by atoms with E-state index in [1.54, 1.807) is 13.3 Å². The largest absolute Gasteiger partial charge is 0.382 e. The minimum Gasteiger partial charge on any atom is -0.382 e. The highest BCUT2D eigenvalue weighted by molar-refractivity contribution is 5.48. The standard InChI is InChI=1S/C14H22N6O/c1-10-8-15-14(18-13(10)19(2)3)17-11(9-21-5)12-6-7-16-20(12)4/h6-8,11H,9H2,1-5H3,(H,15,17,18)/t11-/m1/s1. The Kier molecular flexibility index (Phi) is 4.74. The maximum absolute atomic E-state index is 5.29. The molecule has 0 saturated heterocycles. The van der Waals surface area contributed by atoms with E-state index in [9.17, 15) is 0 Å². The summed E-state index contributed by atoms with van der Waals surface area (Å²) in [6.07, 6.45) is 3.58. The summed E-state index contributed by atoms with van der Waals surface area (Å²) in [6.45, 7) is 2.50. The van der Waals surface area contributed by atoms with Crippen molar-refractivity contribution in [1.29, 1.82) is 0 Å². The van der Waals surface area contributed by atoms with Crippen LogP contribution in [0.2, 0.25) is 0 Å². The Hall–Kier alpha value is -2.15. The first-order valence-electron chi connectivity index (χ1n) is 6.77. The molecular formula is C14H22N6O. The van der Waals surface area contributed by atoms with Crippen molar-refractivity contribution in [3.63, 3.8) is 0 Å². The second-order valence-electron chi connectivity index (χ2n) is 5.13. The molecule has 0 aliphatic rings. The smallest absolute Gasteiger partial charge is 0.225 e. The van der Waals surface area contributed by atoms with E-state index in [2.05, 4.69) is 20.4 Å². The van der Waals surface area contributed by atoms with Gasteiger partial charge in [-0.1, -0.05) is 0 Å². The molecular weight excluding hydrogens is 268 g/mol. The summed E-state index contributed by atoms with van der Waals surface area (Å²) in [7, 11) is 7.51. The molecule has 0 unspecified atom stereocenters. The first-order chi connectivity index (χ1) is 10.0. The van der Waals surface area contributed by atoms with E-state index in [0.717, 1.165) is 17.1 Å². The Bertz CT molecular complexity index is 595. The van der Waals surface area contributed by atoms with Gasteiger partial charge in [-0.15, -0.1) is 0 Å². The lowest BCUT2D eigenvalue weighted by Gasteiger charge is -2.20. The van der Waals surface area contributed by atoms with Crippen molar-refractivity contribution in [1.82, 2.24) is 19.7 Å². The lowest BCUT2D eigenvalue weighted by atomic mass is 10.2. The molecule has 0 spiro atoms. The SMILES string of the molecule is COC[C@@H](Nc1ncc(C)c(N(C)C)n1)c1ccnn1C. The van der Waals surface area contributed by atoms with Crippen molar-refractivity contribution in [2.24, 2.45) is 7.05 Å². The lowest BCUT2D eigenvalue weighted by molar-refractivity contribution is 0.183. The third kappa shape index (κ3) is 3.49. The van der Waals surface area contributed by atoms with E-state index in [0.29, 0.717) is 12.6 Å². The molecule has 2 aromatic rings. The number of anilines is 2. The zero-order chi connectivity index (χ0) is 15.4. The van der Waals surface area contributed by atoms with Gasteiger partial charge >= 0.3 is 0 Å². The molecule has 2 rings (SSSR count). The average molecular weight is 290 g/mol. The molecule has 114 valence electrons. The highest BCUT2D eigenvalue weighted by atomic mass is 16.5. The van der Waals surface area contributed by atoms with Gasteiger partial charge in [-0.3, -0.25) is 4.68 Å². The molecule has 1 atom stereocenters. The Balaban J connectivity index is 2.25. The molecule has 0 fully saturated rings. The molecule has 0 bridgehead atoms. The van der Waals surface area contributed by atoms with Crippen molar-refractivity contribution < 1.29 is 4.74 Å². The Morgan fingerprint density at radius 1 is 1.43 bits per heavy atom. The fourth-order valence-corrected chi connectivity index (χ4v) is 2.20. The van der Waals surface area contributed by atoms with Crippen LogP contribution >= 0.6 is 0 Å². The first-order valence-corrected chi connectivity index (χ1v) is 6.77. The Morgan fingerprint density at radius 3 is 2.76 bits per heavy atom. The van der Waals surface area contributed by atoms with Crippen molar-refractivity contribution >= 4 is 11.8 Å². The summed E-state index contributed by atoms with van der Waals surface area (Å²) < 4.78 is 7.10. The highest BCUT2D eigenvalue weighted by Crippen LogP contribution is 2.20.